The summed E-state index contributed by atoms with van der Waals surface area (Å²) >= 11 is 0. The van der Waals surface area contributed by atoms with Crippen molar-refractivity contribution in [3.8, 4) is 11.5 Å². The summed E-state index contributed by atoms with van der Waals surface area (Å²) < 4.78 is 10.7. The molecule has 0 spiro atoms. The van der Waals surface area contributed by atoms with Gasteiger partial charge in [0.1, 0.15) is 11.5 Å². The Hall–Kier alpha value is -2.31. The van der Waals surface area contributed by atoms with Crippen molar-refractivity contribution in [2.24, 2.45) is 0 Å². The van der Waals surface area contributed by atoms with E-state index in [9.17, 15) is 4.79 Å². The molecule has 0 radical (unpaired) electrons. The predicted molar refractivity (Wildman–Crippen MR) is 113 cm³/mol. The maximum Gasteiger partial charge on any atom is 0.251 e. The molecule has 0 saturated carbocycles. The number of methoxy groups -OCH3 is 2. The van der Waals surface area contributed by atoms with Crippen molar-refractivity contribution in [2.45, 2.75) is 12.5 Å². The molecule has 2 aromatic rings. The summed E-state index contributed by atoms with van der Waals surface area (Å²) in [4.78, 5) is 14.6. The van der Waals surface area contributed by atoms with Crippen molar-refractivity contribution >= 4 is 42.1 Å². The number of anilines is 2. The lowest BCUT2D eigenvalue weighted by Gasteiger charge is -2.20. The minimum Gasteiger partial charge on any atom is -0.497 e. The van der Waals surface area contributed by atoms with Crippen LogP contribution >= 0.6 is 24.8 Å². The van der Waals surface area contributed by atoms with E-state index in [1.165, 1.54) is 0 Å². The lowest BCUT2D eigenvalue weighted by atomic mass is 10.1. The predicted octanol–water partition coefficient (Wildman–Crippen LogP) is 3.14. The molecule has 2 aromatic carbocycles. The molecule has 1 amide bonds. The molecular formula is C19H25Cl2N3O3. The molecule has 0 bridgehead atoms. The van der Waals surface area contributed by atoms with Crippen molar-refractivity contribution in [3.05, 3.63) is 48.0 Å². The second-order valence-corrected chi connectivity index (χ2v) is 6.10. The molecule has 1 aliphatic heterocycles. The molecule has 1 saturated heterocycles. The van der Waals surface area contributed by atoms with Crippen LogP contribution in [0.25, 0.3) is 0 Å². The minimum absolute atomic E-state index is 0. The molecule has 1 atom stereocenters. The maximum atomic E-state index is 12.4. The van der Waals surface area contributed by atoms with Gasteiger partial charge < -0.3 is 25.4 Å². The summed E-state index contributed by atoms with van der Waals surface area (Å²) in [7, 11) is 3.27. The number of hydrogen-bond donors (Lipinski definition) is 2. The Morgan fingerprint density at radius 3 is 2.37 bits per heavy atom. The molecule has 3 rings (SSSR count). The standard InChI is InChI=1S/C19H23N3O3.2ClH/c1-24-17-9-16(10-18(11-17)25-2)22-7-6-15(12-22)21-19(23)13-4-3-5-14(20)8-13;;/h3-5,8-11,15H,6-7,12,20H2,1-2H3,(H,21,23);2*1H. The Labute approximate surface area is 171 Å². The van der Waals surface area contributed by atoms with E-state index < -0.39 is 0 Å². The second kappa shape index (κ2) is 10.1. The number of ether oxygens (including phenoxy) is 2. The molecule has 27 heavy (non-hydrogen) atoms. The number of hydrogen-bond acceptors (Lipinski definition) is 5. The molecule has 8 heteroatoms. The van der Waals surface area contributed by atoms with Gasteiger partial charge >= 0.3 is 0 Å². The number of carbonyl (C=O) groups is 1. The van der Waals surface area contributed by atoms with Crippen LogP contribution in [-0.4, -0.2) is 39.3 Å². The van der Waals surface area contributed by atoms with Gasteiger partial charge in [0.2, 0.25) is 0 Å². The summed E-state index contributed by atoms with van der Waals surface area (Å²) in [5, 5.41) is 3.08. The zero-order valence-corrected chi connectivity index (χ0v) is 16.9. The molecule has 1 aliphatic rings. The fourth-order valence-electron chi connectivity index (χ4n) is 3.04. The lowest BCUT2D eigenvalue weighted by molar-refractivity contribution is 0.0940. The Bertz CT molecular complexity index is 751. The van der Waals surface area contributed by atoms with Crippen LogP contribution in [-0.2, 0) is 0 Å². The van der Waals surface area contributed by atoms with Gasteiger partial charge in [-0.1, -0.05) is 6.07 Å². The first-order chi connectivity index (χ1) is 12.1. The van der Waals surface area contributed by atoms with Gasteiger partial charge in [-0.15, -0.1) is 24.8 Å². The van der Waals surface area contributed by atoms with Crippen LogP contribution in [0.15, 0.2) is 42.5 Å². The number of amides is 1. The third-order valence-electron chi connectivity index (χ3n) is 4.37. The van der Waals surface area contributed by atoms with E-state index in [-0.39, 0.29) is 36.8 Å². The number of benzene rings is 2. The van der Waals surface area contributed by atoms with Crippen molar-refractivity contribution in [1.29, 1.82) is 0 Å². The summed E-state index contributed by atoms with van der Waals surface area (Å²) in [5.74, 6) is 1.41. The van der Waals surface area contributed by atoms with Gasteiger partial charge in [0, 0.05) is 54.3 Å². The highest BCUT2D eigenvalue weighted by Crippen LogP contribution is 2.30. The highest BCUT2D eigenvalue weighted by Gasteiger charge is 2.25. The van der Waals surface area contributed by atoms with Crippen LogP contribution in [0.2, 0.25) is 0 Å². The summed E-state index contributed by atoms with van der Waals surface area (Å²) in [6.07, 6.45) is 0.883. The number of nitrogens with zero attached hydrogens (tertiary/aromatic N) is 1. The molecule has 1 fully saturated rings. The lowest BCUT2D eigenvalue weighted by Crippen LogP contribution is -2.37. The molecule has 3 N–H and O–H groups in total. The van der Waals surface area contributed by atoms with Crippen LogP contribution in [0.3, 0.4) is 0 Å². The Morgan fingerprint density at radius 2 is 1.78 bits per heavy atom. The smallest absolute Gasteiger partial charge is 0.251 e. The third-order valence-corrected chi connectivity index (χ3v) is 4.37. The molecular weight excluding hydrogens is 389 g/mol. The van der Waals surface area contributed by atoms with Crippen LogP contribution < -0.4 is 25.4 Å². The van der Waals surface area contributed by atoms with Gasteiger partial charge in [0.05, 0.1) is 14.2 Å². The van der Waals surface area contributed by atoms with E-state index in [1.807, 2.05) is 18.2 Å². The fourth-order valence-corrected chi connectivity index (χ4v) is 3.04. The minimum atomic E-state index is -0.0950. The number of carbonyl (C=O) groups excluding carboxylic acids is 1. The van der Waals surface area contributed by atoms with E-state index in [4.69, 9.17) is 15.2 Å². The van der Waals surface area contributed by atoms with Gasteiger partial charge in [0.25, 0.3) is 5.91 Å². The molecule has 1 heterocycles. The van der Waals surface area contributed by atoms with Gasteiger partial charge in [-0.2, -0.15) is 0 Å². The number of halogens is 2. The third kappa shape index (κ3) is 5.58. The number of rotatable bonds is 5. The van der Waals surface area contributed by atoms with Gasteiger partial charge in [0.15, 0.2) is 0 Å². The first-order valence-electron chi connectivity index (χ1n) is 8.23. The van der Waals surface area contributed by atoms with Gasteiger partial charge in [-0.05, 0) is 24.6 Å². The van der Waals surface area contributed by atoms with Crippen LogP contribution in [0.5, 0.6) is 11.5 Å². The first-order valence-corrected chi connectivity index (χ1v) is 8.23. The zero-order valence-electron chi connectivity index (χ0n) is 15.3. The quantitative estimate of drug-likeness (QED) is 0.736. The molecule has 6 nitrogen and oxygen atoms in total. The molecule has 1 unspecified atom stereocenters. The molecule has 148 valence electrons. The van der Waals surface area contributed by atoms with Crippen molar-refractivity contribution in [1.82, 2.24) is 5.32 Å². The number of nitrogens with two attached hydrogens (primary N) is 1. The van der Waals surface area contributed by atoms with Crippen molar-refractivity contribution < 1.29 is 14.3 Å². The largest absolute Gasteiger partial charge is 0.497 e. The number of nitrogen functional groups attached to an aromatic ring is 1. The van der Waals surface area contributed by atoms with E-state index >= 15 is 0 Å². The van der Waals surface area contributed by atoms with Gasteiger partial charge in [-0.3, -0.25) is 4.79 Å². The van der Waals surface area contributed by atoms with E-state index in [0.29, 0.717) is 11.3 Å². The highest BCUT2D eigenvalue weighted by atomic mass is 35.5. The van der Waals surface area contributed by atoms with Gasteiger partial charge in [-0.25, -0.2) is 0 Å². The monoisotopic (exact) mass is 413 g/mol. The fraction of sp³-hybridized carbons (Fsp3) is 0.316. The van der Waals surface area contributed by atoms with E-state index in [0.717, 1.165) is 36.7 Å². The Morgan fingerprint density at radius 1 is 1.11 bits per heavy atom. The topological polar surface area (TPSA) is 76.8 Å². The Kier molecular flexibility index (Phi) is 8.53. The van der Waals surface area contributed by atoms with Crippen LogP contribution in [0.1, 0.15) is 16.8 Å². The summed E-state index contributed by atoms with van der Waals surface area (Å²) in [6, 6.07) is 12.9. The summed E-state index contributed by atoms with van der Waals surface area (Å²) in [6.45, 7) is 1.60. The highest BCUT2D eigenvalue weighted by molar-refractivity contribution is 5.95. The van der Waals surface area contributed by atoms with Crippen molar-refractivity contribution in [3.63, 3.8) is 0 Å². The molecule has 0 aliphatic carbocycles. The van der Waals surface area contributed by atoms with E-state index in [2.05, 4.69) is 10.2 Å². The average Bonchev–Trinajstić information content (AvgIpc) is 3.09. The normalized spacial score (nSPS) is 15.3. The van der Waals surface area contributed by atoms with Crippen molar-refractivity contribution in [2.75, 3.05) is 37.9 Å². The second-order valence-electron chi connectivity index (χ2n) is 6.10. The Balaban J connectivity index is 0.00000182. The average molecular weight is 414 g/mol. The first kappa shape index (κ1) is 22.7. The van der Waals surface area contributed by atoms with E-state index in [1.54, 1.807) is 38.5 Å². The van der Waals surface area contributed by atoms with Crippen LogP contribution in [0, 0.1) is 0 Å². The molecule has 0 aromatic heterocycles. The van der Waals surface area contributed by atoms with Crippen LogP contribution in [0.4, 0.5) is 11.4 Å². The maximum absolute atomic E-state index is 12.4. The SMILES string of the molecule is COc1cc(OC)cc(N2CCC(NC(=O)c3cccc(N)c3)C2)c1.Cl.Cl. The number of nitrogens with one attached hydrogen (secondary N) is 1. The summed E-state index contributed by atoms with van der Waals surface area (Å²) in [5.41, 5.74) is 7.94. The zero-order chi connectivity index (χ0) is 17.8.